The van der Waals surface area contributed by atoms with Gasteiger partial charge in [0.05, 0.1) is 34.6 Å². The molecule has 0 spiro atoms. The first-order chi connectivity index (χ1) is 21.8. The molecule has 45 heavy (non-hydrogen) atoms. The Kier molecular flexibility index (Phi) is 7.46. The van der Waals surface area contributed by atoms with Gasteiger partial charge in [-0.15, -0.1) is 0 Å². The van der Waals surface area contributed by atoms with Gasteiger partial charge in [0.15, 0.2) is 0 Å². The molecular weight excluding hydrogens is 568 g/mol. The van der Waals surface area contributed by atoms with Crippen LogP contribution in [0.1, 0.15) is 5.56 Å². The molecule has 1 saturated heterocycles. The number of fused-ring (bicyclic) bond motifs is 6. The Bertz CT molecular complexity index is 1930. The first-order valence-corrected chi connectivity index (χ1v) is 15.1. The summed E-state index contributed by atoms with van der Waals surface area (Å²) in [6.07, 6.45) is 6.95. The van der Waals surface area contributed by atoms with Crippen LogP contribution in [-0.4, -0.2) is 88.1 Å². The van der Waals surface area contributed by atoms with Gasteiger partial charge in [-0.25, -0.2) is 15.0 Å². The SMILES string of the molecule is Cc1cc(Nc2ncnc3cc4c(cc23)N2CCN(C(=O)/C=C/CN(C)C)[C@@H](CO4)C2)ccc1Oc1ccc2c(c1)ncn2C. The Morgan fingerprint density at radius 3 is 2.82 bits per heavy atom. The predicted octanol–water partition coefficient (Wildman–Crippen LogP) is 4.89. The smallest absolute Gasteiger partial charge is 0.246 e. The lowest BCUT2D eigenvalue weighted by Crippen LogP contribution is -2.56. The lowest BCUT2D eigenvalue weighted by atomic mass is 10.1. The maximum absolute atomic E-state index is 13.0. The minimum atomic E-state index is -0.0379. The van der Waals surface area contributed by atoms with Crippen molar-refractivity contribution in [3.8, 4) is 17.2 Å². The van der Waals surface area contributed by atoms with Crippen molar-refractivity contribution in [2.24, 2.45) is 7.05 Å². The molecule has 2 aliphatic rings. The second kappa shape index (κ2) is 11.7. The summed E-state index contributed by atoms with van der Waals surface area (Å²) in [7, 11) is 5.94. The van der Waals surface area contributed by atoms with Gasteiger partial charge in [0, 0.05) is 62.5 Å². The summed E-state index contributed by atoms with van der Waals surface area (Å²) in [4.78, 5) is 32.8. The molecule has 7 rings (SSSR count). The molecule has 1 fully saturated rings. The van der Waals surface area contributed by atoms with Crippen LogP contribution in [0.25, 0.3) is 21.9 Å². The molecule has 1 atom stereocenters. The molecule has 4 heterocycles. The van der Waals surface area contributed by atoms with E-state index in [-0.39, 0.29) is 11.9 Å². The minimum Gasteiger partial charge on any atom is -0.489 e. The van der Waals surface area contributed by atoms with E-state index in [1.165, 1.54) is 0 Å². The average Bonchev–Trinajstić information content (AvgIpc) is 3.33. The number of amides is 1. The molecule has 0 saturated carbocycles. The number of nitrogens with zero attached hydrogens (tertiary/aromatic N) is 7. The molecule has 0 unspecified atom stereocenters. The Morgan fingerprint density at radius 1 is 1.09 bits per heavy atom. The largest absolute Gasteiger partial charge is 0.489 e. The van der Waals surface area contributed by atoms with Gasteiger partial charge in [-0.1, -0.05) is 6.08 Å². The average molecular weight is 605 g/mol. The highest BCUT2D eigenvalue weighted by Gasteiger charge is 2.34. The molecule has 2 bridgehead atoms. The van der Waals surface area contributed by atoms with Gasteiger partial charge < -0.3 is 34.1 Å². The van der Waals surface area contributed by atoms with Crippen LogP contribution >= 0.6 is 0 Å². The number of ether oxygens (including phenoxy) is 2. The molecule has 230 valence electrons. The summed E-state index contributed by atoms with van der Waals surface area (Å²) in [6, 6.07) is 15.9. The Morgan fingerprint density at radius 2 is 1.98 bits per heavy atom. The molecule has 0 aliphatic carbocycles. The van der Waals surface area contributed by atoms with Crippen LogP contribution in [0.2, 0.25) is 0 Å². The standard InChI is InChI=1S/C34H36N8O3/c1-22-14-23(7-10-31(22)45-25-8-9-29-28(15-25)37-21-40(29)4)38-34-26-16-30-32(17-27(26)35-20-36-34)44-19-24-18-41(30)12-13-42(24)33(43)6-5-11-39(2)3/h5-10,14-17,20-21,24H,11-13,18-19H2,1-4H3,(H,35,36,38)/b6-5+/t24-/m1/s1. The Hall–Kier alpha value is -5.16. The number of anilines is 3. The highest BCUT2D eigenvalue weighted by Crippen LogP contribution is 2.39. The molecule has 3 aromatic carbocycles. The second-order valence-corrected chi connectivity index (χ2v) is 11.9. The third-order valence-corrected chi connectivity index (χ3v) is 8.35. The summed E-state index contributed by atoms with van der Waals surface area (Å²) in [6.45, 7) is 5.24. The highest BCUT2D eigenvalue weighted by molar-refractivity contribution is 5.95. The highest BCUT2D eigenvalue weighted by atomic mass is 16.5. The van der Waals surface area contributed by atoms with Crippen LogP contribution in [0.4, 0.5) is 17.2 Å². The van der Waals surface area contributed by atoms with Gasteiger partial charge in [-0.05, 0) is 63.0 Å². The van der Waals surface area contributed by atoms with Crippen molar-refractivity contribution in [2.75, 3.05) is 57.1 Å². The van der Waals surface area contributed by atoms with E-state index in [0.717, 1.165) is 69.2 Å². The van der Waals surface area contributed by atoms with E-state index >= 15 is 0 Å². The zero-order valence-electron chi connectivity index (χ0n) is 25.9. The molecular formula is C34H36N8O3. The van der Waals surface area contributed by atoms with E-state index in [9.17, 15) is 4.79 Å². The number of aryl methyl sites for hydroxylation is 2. The van der Waals surface area contributed by atoms with Crippen LogP contribution in [0, 0.1) is 6.92 Å². The van der Waals surface area contributed by atoms with Crippen molar-refractivity contribution in [1.82, 2.24) is 29.3 Å². The molecule has 2 aromatic heterocycles. The number of hydrogen-bond acceptors (Lipinski definition) is 9. The van der Waals surface area contributed by atoms with Crippen molar-refractivity contribution in [3.63, 3.8) is 0 Å². The molecule has 11 nitrogen and oxygen atoms in total. The first kappa shape index (κ1) is 28.6. The Balaban J connectivity index is 1.10. The van der Waals surface area contributed by atoms with Crippen LogP contribution in [0.3, 0.4) is 0 Å². The number of piperazine rings is 1. The molecule has 5 aromatic rings. The van der Waals surface area contributed by atoms with Gasteiger partial charge in [-0.3, -0.25) is 4.79 Å². The number of rotatable bonds is 7. The first-order valence-electron chi connectivity index (χ1n) is 15.1. The zero-order chi connectivity index (χ0) is 31.1. The third-order valence-electron chi connectivity index (χ3n) is 8.35. The van der Waals surface area contributed by atoms with E-state index in [1.54, 1.807) is 18.7 Å². The number of likely N-dealkylation sites (N-methyl/N-ethyl adjacent to an activating group) is 1. The normalized spacial score (nSPS) is 16.2. The van der Waals surface area contributed by atoms with E-state index in [4.69, 9.17) is 9.47 Å². The monoisotopic (exact) mass is 604 g/mol. The number of nitrogens with one attached hydrogen (secondary N) is 1. The maximum atomic E-state index is 13.0. The number of imidazole rings is 1. The molecule has 1 N–H and O–H groups in total. The van der Waals surface area contributed by atoms with E-state index in [1.807, 2.05) is 91.0 Å². The van der Waals surface area contributed by atoms with Crippen molar-refractivity contribution < 1.29 is 14.3 Å². The summed E-state index contributed by atoms with van der Waals surface area (Å²) in [5.74, 6) is 3.01. The summed E-state index contributed by atoms with van der Waals surface area (Å²) < 4.78 is 14.5. The van der Waals surface area contributed by atoms with E-state index in [0.29, 0.717) is 25.5 Å². The third kappa shape index (κ3) is 5.74. The Labute approximate surface area is 261 Å². The van der Waals surface area contributed by atoms with Crippen molar-refractivity contribution in [2.45, 2.75) is 13.0 Å². The second-order valence-electron chi connectivity index (χ2n) is 11.9. The summed E-state index contributed by atoms with van der Waals surface area (Å²) >= 11 is 0. The van der Waals surface area contributed by atoms with Gasteiger partial charge in [-0.2, -0.15) is 0 Å². The van der Waals surface area contributed by atoms with Crippen LogP contribution < -0.4 is 19.7 Å². The fourth-order valence-corrected chi connectivity index (χ4v) is 5.97. The van der Waals surface area contributed by atoms with Gasteiger partial charge in [0.25, 0.3) is 0 Å². The number of carbonyl (C=O) groups is 1. The van der Waals surface area contributed by atoms with Crippen LogP contribution in [-0.2, 0) is 11.8 Å². The lowest BCUT2D eigenvalue weighted by Gasteiger charge is -2.39. The molecule has 1 amide bonds. The fourth-order valence-electron chi connectivity index (χ4n) is 5.97. The van der Waals surface area contributed by atoms with Gasteiger partial charge in [0.2, 0.25) is 5.91 Å². The lowest BCUT2D eigenvalue weighted by molar-refractivity contribution is -0.129. The van der Waals surface area contributed by atoms with Crippen LogP contribution in [0.5, 0.6) is 17.2 Å². The van der Waals surface area contributed by atoms with Gasteiger partial charge in [0.1, 0.15) is 36.0 Å². The van der Waals surface area contributed by atoms with E-state index in [2.05, 4.69) is 31.2 Å². The van der Waals surface area contributed by atoms with Crippen molar-refractivity contribution in [1.29, 1.82) is 0 Å². The van der Waals surface area contributed by atoms with E-state index < -0.39 is 0 Å². The van der Waals surface area contributed by atoms with Crippen molar-refractivity contribution in [3.05, 3.63) is 78.9 Å². The topological polar surface area (TPSA) is 101 Å². The quantitative estimate of drug-likeness (QED) is 0.260. The summed E-state index contributed by atoms with van der Waals surface area (Å²) in [5, 5.41) is 4.38. The van der Waals surface area contributed by atoms with Crippen molar-refractivity contribution >= 4 is 45.0 Å². The van der Waals surface area contributed by atoms with Gasteiger partial charge >= 0.3 is 0 Å². The van der Waals surface area contributed by atoms with Crippen LogP contribution in [0.15, 0.2) is 73.3 Å². The minimum absolute atomic E-state index is 0.0274. The number of aromatic nitrogens is 4. The maximum Gasteiger partial charge on any atom is 0.246 e. The number of benzene rings is 3. The predicted molar refractivity (Wildman–Crippen MR) is 176 cm³/mol. The fraction of sp³-hybridized carbons (Fsp3) is 0.294. The molecule has 0 radical (unpaired) electrons. The summed E-state index contributed by atoms with van der Waals surface area (Å²) in [5.41, 5.74) is 5.59. The molecule has 2 aliphatic heterocycles. The molecule has 11 heteroatoms. The zero-order valence-corrected chi connectivity index (χ0v) is 25.9. The number of carbonyl (C=O) groups excluding carboxylic acids is 1. The number of hydrogen-bond donors (Lipinski definition) is 1.